The van der Waals surface area contributed by atoms with Crippen LogP contribution in [0.2, 0.25) is 0 Å². The van der Waals surface area contributed by atoms with Crippen molar-refractivity contribution in [2.45, 2.75) is 18.9 Å². The lowest BCUT2D eigenvalue weighted by atomic mass is 9.83. The molecule has 2 aliphatic rings. The second-order valence-electron chi connectivity index (χ2n) is 7.71. The Hall–Kier alpha value is -3.48. The molecule has 0 saturated carbocycles. The van der Waals surface area contributed by atoms with E-state index in [9.17, 15) is 9.59 Å². The van der Waals surface area contributed by atoms with E-state index in [-0.39, 0.29) is 23.4 Å². The van der Waals surface area contributed by atoms with Crippen LogP contribution in [0, 0.1) is 5.92 Å². The number of carbonyl (C=O) groups excluding carboxylic acids is 1. The Balaban J connectivity index is 1.40. The number of nitrogens with one attached hydrogen (secondary N) is 1. The molecule has 7 heteroatoms. The molecular weight excluding hydrogens is 366 g/mol. The maximum Gasteiger partial charge on any atom is 0.321 e. The van der Waals surface area contributed by atoms with Crippen LogP contribution in [0.1, 0.15) is 18.0 Å². The monoisotopic (exact) mass is 387 g/mol. The molecule has 146 valence electrons. The number of pyridine rings is 1. The molecule has 0 aliphatic carbocycles. The number of urea groups is 1. The fraction of sp³-hybridized carbons (Fsp3) is 0.273. The highest BCUT2D eigenvalue weighted by molar-refractivity contribution is 5.89. The maximum absolute atomic E-state index is 13.1. The molecule has 1 N–H and O–H groups in total. The van der Waals surface area contributed by atoms with Crippen LogP contribution in [0.4, 0.5) is 10.5 Å². The number of carbonyl (C=O) groups is 1. The number of piperidine rings is 1. The third-order valence-corrected chi connectivity index (χ3v) is 5.79. The second kappa shape index (κ2) is 7.16. The van der Waals surface area contributed by atoms with Crippen molar-refractivity contribution >= 4 is 11.7 Å². The molecule has 3 aromatic rings. The predicted octanol–water partition coefficient (Wildman–Crippen LogP) is 2.96. The minimum absolute atomic E-state index is 0.00538. The first kappa shape index (κ1) is 17.6. The molecule has 2 amide bonds. The number of hydrogen-bond acceptors (Lipinski definition) is 4. The van der Waals surface area contributed by atoms with Crippen LogP contribution < -0.4 is 10.9 Å². The van der Waals surface area contributed by atoms with Crippen LogP contribution >= 0.6 is 0 Å². The predicted molar refractivity (Wildman–Crippen MR) is 110 cm³/mol. The molecule has 2 aliphatic heterocycles. The Morgan fingerprint density at radius 3 is 2.59 bits per heavy atom. The van der Waals surface area contributed by atoms with E-state index < -0.39 is 0 Å². The third-order valence-electron chi connectivity index (χ3n) is 5.79. The van der Waals surface area contributed by atoms with Crippen LogP contribution in [0.15, 0.2) is 66.0 Å². The molecule has 1 saturated heterocycles. The minimum Gasteiger partial charge on any atom is -0.324 e. The van der Waals surface area contributed by atoms with Gasteiger partial charge in [0.15, 0.2) is 0 Å². The third kappa shape index (κ3) is 3.29. The smallest absolute Gasteiger partial charge is 0.321 e. The molecule has 4 heterocycles. The van der Waals surface area contributed by atoms with E-state index in [0.29, 0.717) is 25.2 Å². The summed E-state index contributed by atoms with van der Waals surface area (Å²) < 4.78 is 1.88. The van der Waals surface area contributed by atoms with Crippen LogP contribution in [-0.4, -0.2) is 38.6 Å². The second-order valence-corrected chi connectivity index (χ2v) is 7.71. The van der Waals surface area contributed by atoms with Gasteiger partial charge in [-0.05, 0) is 36.6 Å². The molecule has 2 aromatic heterocycles. The number of anilines is 1. The van der Waals surface area contributed by atoms with Gasteiger partial charge in [0.05, 0.1) is 5.56 Å². The van der Waals surface area contributed by atoms with Crippen molar-refractivity contribution in [1.29, 1.82) is 0 Å². The van der Waals surface area contributed by atoms with Gasteiger partial charge in [-0.2, -0.15) is 0 Å². The normalized spacial score (nSPS) is 20.1. The van der Waals surface area contributed by atoms with E-state index >= 15 is 0 Å². The average Bonchev–Trinajstić information content (AvgIpc) is 2.76. The number of benzene rings is 1. The summed E-state index contributed by atoms with van der Waals surface area (Å²) in [5, 5.41) is 2.97. The SMILES string of the molecule is O=C(Nc1ccccc1)N1C[C@@H]2C[C@H](C1)c1ccc(-c3cncnc3)c(=O)n1C2. The standard InChI is InChI=1S/C22H21N5O2/c28-21-19(17-9-23-14-24-10-17)6-7-20-16-8-15(12-27(20)21)11-26(13-16)22(29)25-18-4-2-1-3-5-18/h1-7,9-10,14-16H,8,11-13H2,(H,25,29)/t15-,16+/m0/s1. The highest BCUT2D eigenvalue weighted by Gasteiger charge is 2.36. The van der Waals surface area contributed by atoms with Gasteiger partial charge in [0.2, 0.25) is 0 Å². The topological polar surface area (TPSA) is 80.1 Å². The van der Waals surface area contributed by atoms with Crippen molar-refractivity contribution in [3.63, 3.8) is 0 Å². The van der Waals surface area contributed by atoms with E-state index in [2.05, 4.69) is 15.3 Å². The summed E-state index contributed by atoms with van der Waals surface area (Å²) in [5.41, 5.74) is 3.14. The summed E-state index contributed by atoms with van der Waals surface area (Å²) >= 11 is 0. The number of nitrogens with zero attached hydrogens (tertiary/aromatic N) is 4. The number of amides is 2. The van der Waals surface area contributed by atoms with E-state index in [1.807, 2.05) is 51.9 Å². The highest BCUT2D eigenvalue weighted by Crippen LogP contribution is 2.36. The Morgan fingerprint density at radius 2 is 1.79 bits per heavy atom. The molecule has 0 spiro atoms. The number of rotatable bonds is 2. The number of aromatic nitrogens is 3. The van der Waals surface area contributed by atoms with Crippen LogP contribution in [0.3, 0.4) is 0 Å². The largest absolute Gasteiger partial charge is 0.324 e. The number of fused-ring (bicyclic) bond motifs is 4. The van der Waals surface area contributed by atoms with Crippen LogP contribution in [-0.2, 0) is 6.54 Å². The molecule has 5 rings (SSSR count). The molecule has 1 fully saturated rings. The van der Waals surface area contributed by atoms with Crippen molar-refractivity contribution in [2.24, 2.45) is 5.92 Å². The lowest BCUT2D eigenvalue weighted by molar-refractivity contribution is 0.139. The van der Waals surface area contributed by atoms with Crippen LogP contribution in [0.25, 0.3) is 11.1 Å². The van der Waals surface area contributed by atoms with E-state index in [1.54, 1.807) is 12.4 Å². The average molecular weight is 387 g/mol. The van der Waals surface area contributed by atoms with Gasteiger partial charge in [0.25, 0.3) is 5.56 Å². The first-order valence-corrected chi connectivity index (χ1v) is 9.79. The van der Waals surface area contributed by atoms with Crippen LogP contribution in [0.5, 0.6) is 0 Å². The van der Waals surface area contributed by atoms with Gasteiger partial charge in [-0.3, -0.25) is 4.79 Å². The van der Waals surface area contributed by atoms with Gasteiger partial charge in [-0.25, -0.2) is 14.8 Å². The molecule has 2 bridgehead atoms. The first-order chi connectivity index (χ1) is 14.2. The van der Waals surface area contributed by atoms with Gasteiger partial charge in [0.1, 0.15) is 6.33 Å². The molecule has 2 atom stereocenters. The van der Waals surface area contributed by atoms with E-state index in [0.717, 1.165) is 23.4 Å². The number of hydrogen-bond donors (Lipinski definition) is 1. The van der Waals surface area contributed by atoms with Gasteiger partial charge in [-0.15, -0.1) is 0 Å². The molecule has 0 unspecified atom stereocenters. The Kier molecular flexibility index (Phi) is 4.35. The summed E-state index contributed by atoms with van der Waals surface area (Å²) in [6, 6.07) is 13.3. The molecule has 7 nitrogen and oxygen atoms in total. The Morgan fingerprint density at radius 1 is 1.00 bits per heavy atom. The first-order valence-electron chi connectivity index (χ1n) is 9.79. The summed E-state index contributed by atoms with van der Waals surface area (Å²) in [6.07, 6.45) is 5.79. The van der Waals surface area contributed by atoms with E-state index in [1.165, 1.54) is 6.33 Å². The zero-order valence-corrected chi connectivity index (χ0v) is 15.9. The summed E-state index contributed by atoms with van der Waals surface area (Å²) in [5.74, 6) is 0.431. The molecule has 0 radical (unpaired) electrons. The van der Waals surface area contributed by atoms with Crippen molar-refractivity contribution < 1.29 is 4.79 Å². The van der Waals surface area contributed by atoms with Crippen molar-refractivity contribution in [1.82, 2.24) is 19.4 Å². The van der Waals surface area contributed by atoms with Crippen molar-refractivity contribution in [3.05, 3.63) is 77.2 Å². The summed E-state index contributed by atoms with van der Waals surface area (Å²) in [7, 11) is 0. The highest BCUT2D eigenvalue weighted by atomic mass is 16.2. The van der Waals surface area contributed by atoms with Crippen molar-refractivity contribution in [3.8, 4) is 11.1 Å². The fourth-order valence-corrected chi connectivity index (χ4v) is 4.49. The summed E-state index contributed by atoms with van der Waals surface area (Å²) in [6.45, 7) is 1.89. The van der Waals surface area contributed by atoms with Gasteiger partial charge < -0.3 is 14.8 Å². The fourth-order valence-electron chi connectivity index (χ4n) is 4.49. The Bertz CT molecular complexity index is 1100. The van der Waals surface area contributed by atoms with Gasteiger partial charge in [-0.1, -0.05) is 18.2 Å². The minimum atomic E-state index is -0.0836. The lowest BCUT2D eigenvalue weighted by Gasteiger charge is -2.42. The number of likely N-dealkylation sites (tertiary alicyclic amines) is 1. The Labute approximate surface area is 168 Å². The maximum atomic E-state index is 13.1. The number of para-hydroxylation sites is 1. The van der Waals surface area contributed by atoms with Crippen molar-refractivity contribution in [2.75, 3.05) is 18.4 Å². The quantitative estimate of drug-likeness (QED) is 0.733. The summed E-state index contributed by atoms with van der Waals surface area (Å²) in [4.78, 5) is 35.8. The van der Waals surface area contributed by atoms with Gasteiger partial charge in [0, 0.05) is 54.9 Å². The zero-order chi connectivity index (χ0) is 19.8. The molecular formula is C22H21N5O2. The van der Waals surface area contributed by atoms with E-state index in [4.69, 9.17) is 0 Å². The zero-order valence-electron chi connectivity index (χ0n) is 15.9. The lowest BCUT2D eigenvalue weighted by Crippen LogP contribution is -2.50. The molecule has 1 aromatic carbocycles. The van der Waals surface area contributed by atoms with Gasteiger partial charge >= 0.3 is 6.03 Å². The molecule has 29 heavy (non-hydrogen) atoms.